The van der Waals surface area contributed by atoms with E-state index in [1.54, 1.807) is 0 Å². The van der Waals surface area contributed by atoms with Crippen molar-refractivity contribution in [2.45, 2.75) is 53.2 Å². The van der Waals surface area contributed by atoms with Gasteiger partial charge >= 0.3 is 0 Å². The highest BCUT2D eigenvalue weighted by molar-refractivity contribution is 5.43. The van der Waals surface area contributed by atoms with Crippen molar-refractivity contribution >= 4 is 5.69 Å². The highest BCUT2D eigenvalue weighted by atomic mass is 16.7. The Labute approximate surface area is 146 Å². The normalized spacial score (nSPS) is 12.0. The molecule has 0 aliphatic carbocycles. The van der Waals surface area contributed by atoms with Crippen LogP contribution in [0.1, 0.15) is 42.9 Å². The largest absolute Gasteiger partial charge is 0.465 e. The van der Waals surface area contributed by atoms with E-state index in [4.69, 9.17) is 9.47 Å². The standard InChI is InChI=1S/C21H29NO2/c1-5-6-7-21(24-20-13-10-17(3)14-18(20)4)23-15-22-19-11-8-16(2)9-12-19/h8-14,21-22H,5-7,15H2,1-4H3. The molecule has 2 rings (SSSR count). The van der Waals surface area contributed by atoms with Gasteiger partial charge in [-0.1, -0.05) is 48.7 Å². The summed E-state index contributed by atoms with van der Waals surface area (Å²) < 4.78 is 12.0. The quantitative estimate of drug-likeness (QED) is 0.609. The van der Waals surface area contributed by atoms with Crippen LogP contribution in [0.5, 0.6) is 5.75 Å². The molecule has 0 spiro atoms. The third-order valence-corrected chi connectivity index (χ3v) is 3.98. The number of benzene rings is 2. The van der Waals surface area contributed by atoms with Gasteiger partial charge in [0.25, 0.3) is 0 Å². The van der Waals surface area contributed by atoms with E-state index in [9.17, 15) is 0 Å². The second kappa shape index (κ2) is 9.33. The number of anilines is 1. The van der Waals surface area contributed by atoms with E-state index in [-0.39, 0.29) is 6.29 Å². The first-order valence-electron chi connectivity index (χ1n) is 8.74. The third-order valence-electron chi connectivity index (χ3n) is 3.98. The summed E-state index contributed by atoms with van der Waals surface area (Å²) >= 11 is 0. The lowest BCUT2D eigenvalue weighted by atomic mass is 10.1. The lowest BCUT2D eigenvalue weighted by Crippen LogP contribution is -2.24. The molecule has 130 valence electrons. The molecule has 3 heteroatoms. The molecule has 0 amide bonds. The van der Waals surface area contributed by atoms with Crippen LogP contribution in [0.25, 0.3) is 0 Å². The Morgan fingerprint density at radius 3 is 2.33 bits per heavy atom. The summed E-state index contributed by atoms with van der Waals surface area (Å²) in [5, 5.41) is 3.29. The van der Waals surface area contributed by atoms with E-state index in [2.05, 4.69) is 69.4 Å². The highest BCUT2D eigenvalue weighted by Crippen LogP contribution is 2.22. The number of rotatable bonds is 9. The predicted molar refractivity (Wildman–Crippen MR) is 101 cm³/mol. The van der Waals surface area contributed by atoms with Crippen molar-refractivity contribution in [2.24, 2.45) is 0 Å². The Morgan fingerprint density at radius 1 is 0.958 bits per heavy atom. The number of ether oxygens (including phenoxy) is 2. The molecule has 1 N–H and O–H groups in total. The summed E-state index contributed by atoms with van der Waals surface area (Å²) in [7, 11) is 0. The summed E-state index contributed by atoms with van der Waals surface area (Å²) in [6, 6.07) is 14.5. The van der Waals surface area contributed by atoms with Crippen molar-refractivity contribution in [1.82, 2.24) is 0 Å². The number of hydrogen-bond acceptors (Lipinski definition) is 3. The highest BCUT2D eigenvalue weighted by Gasteiger charge is 2.12. The van der Waals surface area contributed by atoms with Crippen LogP contribution in [0.15, 0.2) is 42.5 Å². The van der Waals surface area contributed by atoms with Crippen molar-refractivity contribution in [3.63, 3.8) is 0 Å². The minimum atomic E-state index is -0.232. The van der Waals surface area contributed by atoms with Gasteiger partial charge in [-0.05, 0) is 51.0 Å². The molecule has 0 aromatic heterocycles. The van der Waals surface area contributed by atoms with Crippen LogP contribution in [0.3, 0.4) is 0 Å². The average Bonchev–Trinajstić information content (AvgIpc) is 2.56. The topological polar surface area (TPSA) is 30.5 Å². The second-order valence-electron chi connectivity index (χ2n) is 6.31. The van der Waals surface area contributed by atoms with E-state index < -0.39 is 0 Å². The molecule has 0 bridgehead atoms. The molecule has 0 heterocycles. The minimum Gasteiger partial charge on any atom is -0.465 e. The third kappa shape index (κ3) is 5.89. The summed E-state index contributed by atoms with van der Waals surface area (Å²) in [6.45, 7) is 8.86. The maximum atomic E-state index is 6.10. The first-order chi connectivity index (χ1) is 11.6. The van der Waals surface area contributed by atoms with Crippen molar-refractivity contribution in [3.05, 3.63) is 59.2 Å². The van der Waals surface area contributed by atoms with E-state index >= 15 is 0 Å². The van der Waals surface area contributed by atoms with E-state index in [0.29, 0.717) is 6.73 Å². The van der Waals surface area contributed by atoms with Gasteiger partial charge in [-0.15, -0.1) is 0 Å². The second-order valence-corrected chi connectivity index (χ2v) is 6.31. The fraction of sp³-hybridized carbons (Fsp3) is 0.429. The van der Waals surface area contributed by atoms with Gasteiger partial charge in [0.15, 0.2) is 0 Å². The van der Waals surface area contributed by atoms with E-state index in [1.165, 1.54) is 11.1 Å². The van der Waals surface area contributed by atoms with E-state index in [1.807, 2.05) is 6.07 Å². The van der Waals surface area contributed by atoms with Gasteiger partial charge in [0.05, 0.1) is 0 Å². The molecule has 3 nitrogen and oxygen atoms in total. The van der Waals surface area contributed by atoms with Crippen LogP contribution in [0, 0.1) is 20.8 Å². The van der Waals surface area contributed by atoms with Crippen LogP contribution in [-0.4, -0.2) is 13.0 Å². The maximum absolute atomic E-state index is 6.10. The summed E-state index contributed by atoms with van der Waals surface area (Å²) in [5.74, 6) is 0.900. The zero-order valence-electron chi connectivity index (χ0n) is 15.3. The summed E-state index contributed by atoms with van der Waals surface area (Å²) in [5.41, 5.74) is 4.69. The number of unbranched alkanes of at least 4 members (excludes halogenated alkanes) is 1. The maximum Gasteiger partial charge on any atom is 0.201 e. The minimum absolute atomic E-state index is 0.232. The number of nitrogens with one attached hydrogen (secondary N) is 1. The van der Waals surface area contributed by atoms with Crippen molar-refractivity contribution in [3.8, 4) is 5.75 Å². The molecule has 0 saturated heterocycles. The molecule has 1 atom stereocenters. The van der Waals surface area contributed by atoms with Gasteiger partial charge in [0, 0.05) is 12.1 Å². The van der Waals surface area contributed by atoms with Gasteiger partial charge in [0.2, 0.25) is 6.29 Å². The van der Waals surface area contributed by atoms with Crippen LogP contribution < -0.4 is 10.1 Å². The Morgan fingerprint density at radius 2 is 1.67 bits per heavy atom. The van der Waals surface area contributed by atoms with Gasteiger partial charge < -0.3 is 14.8 Å². The number of hydrogen-bond donors (Lipinski definition) is 1. The molecule has 24 heavy (non-hydrogen) atoms. The molecule has 2 aromatic rings. The Hall–Kier alpha value is -2.00. The van der Waals surface area contributed by atoms with Crippen LogP contribution >= 0.6 is 0 Å². The smallest absolute Gasteiger partial charge is 0.201 e. The molecule has 0 saturated carbocycles. The number of aryl methyl sites for hydroxylation is 3. The van der Waals surface area contributed by atoms with Crippen molar-refractivity contribution in [1.29, 1.82) is 0 Å². The molecule has 1 unspecified atom stereocenters. The first-order valence-corrected chi connectivity index (χ1v) is 8.74. The molecule has 0 aliphatic rings. The fourth-order valence-electron chi connectivity index (χ4n) is 2.51. The molecular formula is C21H29NO2. The fourth-order valence-corrected chi connectivity index (χ4v) is 2.51. The summed E-state index contributed by atoms with van der Waals surface area (Å²) in [4.78, 5) is 0. The SMILES string of the molecule is CCCCC(OCNc1ccc(C)cc1)Oc1ccc(C)cc1C. The monoisotopic (exact) mass is 327 g/mol. The predicted octanol–water partition coefficient (Wildman–Crippen LogP) is 5.59. The van der Waals surface area contributed by atoms with Gasteiger partial charge in [-0.25, -0.2) is 0 Å². The van der Waals surface area contributed by atoms with Gasteiger partial charge in [0.1, 0.15) is 12.5 Å². The Kier molecular flexibility index (Phi) is 7.13. The van der Waals surface area contributed by atoms with Gasteiger partial charge in [-0.2, -0.15) is 0 Å². The lowest BCUT2D eigenvalue weighted by Gasteiger charge is -2.21. The van der Waals surface area contributed by atoms with E-state index in [0.717, 1.165) is 36.3 Å². The molecular weight excluding hydrogens is 298 g/mol. The zero-order valence-corrected chi connectivity index (χ0v) is 15.3. The Bertz CT molecular complexity index is 622. The molecule has 0 aliphatic heterocycles. The van der Waals surface area contributed by atoms with Crippen molar-refractivity contribution < 1.29 is 9.47 Å². The zero-order chi connectivity index (χ0) is 17.4. The Balaban J connectivity index is 1.90. The molecule has 0 radical (unpaired) electrons. The average molecular weight is 327 g/mol. The van der Waals surface area contributed by atoms with Crippen LogP contribution in [0.2, 0.25) is 0 Å². The molecule has 0 fully saturated rings. The summed E-state index contributed by atoms with van der Waals surface area (Å²) in [6.07, 6.45) is 2.87. The van der Waals surface area contributed by atoms with Crippen molar-refractivity contribution in [2.75, 3.05) is 12.0 Å². The lowest BCUT2D eigenvalue weighted by molar-refractivity contribution is -0.0789. The van der Waals surface area contributed by atoms with Crippen LogP contribution in [-0.2, 0) is 4.74 Å². The first kappa shape index (κ1) is 18.3. The molecule has 2 aromatic carbocycles. The van der Waals surface area contributed by atoms with Gasteiger partial charge in [-0.3, -0.25) is 0 Å². The van der Waals surface area contributed by atoms with Crippen LogP contribution in [0.4, 0.5) is 5.69 Å².